The van der Waals surface area contributed by atoms with E-state index < -0.39 is 0 Å². The van der Waals surface area contributed by atoms with E-state index in [9.17, 15) is 4.79 Å². The molecule has 1 aliphatic heterocycles. The third-order valence-electron chi connectivity index (χ3n) is 4.00. The summed E-state index contributed by atoms with van der Waals surface area (Å²) in [4.78, 5) is 12.3. The van der Waals surface area contributed by atoms with Crippen LogP contribution in [0.1, 0.15) is 32.6 Å². The first kappa shape index (κ1) is 13.6. The molecule has 18 heavy (non-hydrogen) atoms. The van der Waals surface area contributed by atoms with Crippen LogP contribution in [-0.4, -0.2) is 37.9 Å². The summed E-state index contributed by atoms with van der Waals surface area (Å²) < 4.78 is 11.0. The van der Waals surface area contributed by atoms with E-state index in [-0.39, 0.29) is 30.1 Å². The maximum Gasteiger partial charge on any atom is 0.226 e. The number of ether oxygens (including phenoxy) is 2. The SMILES string of the molecule is C=C(C)[C@H]1OCC[C@H]1C(=O)NC1CCCC1OC. The lowest BCUT2D eigenvalue weighted by Crippen LogP contribution is -2.45. The van der Waals surface area contributed by atoms with Crippen LogP contribution in [0.3, 0.4) is 0 Å². The van der Waals surface area contributed by atoms with Crippen molar-refractivity contribution in [1.29, 1.82) is 0 Å². The monoisotopic (exact) mass is 253 g/mol. The number of carbonyl (C=O) groups is 1. The molecular formula is C14H23NO3. The summed E-state index contributed by atoms with van der Waals surface area (Å²) >= 11 is 0. The first-order valence-corrected chi connectivity index (χ1v) is 6.73. The number of rotatable bonds is 4. The maximum atomic E-state index is 12.3. The van der Waals surface area contributed by atoms with Gasteiger partial charge in [0.2, 0.25) is 5.91 Å². The van der Waals surface area contributed by atoms with Crippen molar-refractivity contribution in [3.63, 3.8) is 0 Å². The van der Waals surface area contributed by atoms with E-state index in [0.717, 1.165) is 31.3 Å². The molecule has 1 amide bonds. The number of hydrogen-bond donors (Lipinski definition) is 1. The maximum absolute atomic E-state index is 12.3. The van der Waals surface area contributed by atoms with Crippen molar-refractivity contribution in [2.24, 2.45) is 5.92 Å². The van der Waals surface area contributed by atoms with E-state index in [1.54, 1.807) is 7.11 Å². The van der Waals surface area contributed by atoms with Gasteiger partial charge in [-0.1, -0.05) is 12.2 Å². The molecule has 2 aliphatic rings. The fraction of sp³-hybridized carbons (Fsp3) is 0.786. The summed E-state index contributed by atoms with van der Waals surface area (Å²) in [6.07, 6.45) is 4.00. The molecule has 102 valence electrons. The predicted octanol–water partition coefficient (Wildman–Crippen LogP) is 1.65. The molecule has 4 atom stereocenters. The molecule has 1 N–H and O–H groups in total. The van der Waals surface area contributed by atoms with Crippen molar-refractivity contribution in [3.8, 4) is 0 Å². The second-order valence-electron chi connectivity index (χ2n) is 5.35. The minimum Gasteiger partial charge on any atom is -0.379 e. The Labute approximate surface area is 109 Å². The van der Waals surface area contributed by atoms with Crippen molar-refractivity contribution in [3.05, 3.63) is 12.2 Å². The minimum absolute atomic E-state index is 0.0828. The average Bonchev–Trinajstić information content (AvgIpc) is 2.96. The Morgan fingerprint density at radius 2 is 2.17 bits per heavy atom. The number of carbonyl (C=O) groups excluding carboxylic acids is 1. The lowest BCUT2D eigenvalue weighted by Gasteiger charge is -2.24. The first-order valence-electron chi connectivity index (χ1n) is 6.73. The second kappa shape index (κ2) is 5.85. The van der Waals surface area contributed by atoms with Crippen LogP contribution >= 0.6 is 0 Å². The summed E-state index contributed by atoms with van der Waals surface area (Å²) in [5.74, 6) is 0.00931. The summed E-state index contributed by atoms with van der Waals surface area (Å²) in [6.45, 7) is 6.47. The number of methoxy groups -OCH3 is 1. The van der Waals surface area contributed by atoms with Gasteiger partial charge < -0.3 is 14.8 Å². The van der Waals surface area contributed by atoms with Crippen LogP contribution in [0.15, 0.2) is 12.2 Å². The second-order valence-corrected chi connectivity index (χ2v) is 5.35. The van der Waals surface area contributed by atoms with E-state index in [1.165, 1.54) is 0 Å². The summed E-state index contributed by atoms with van der Waals surface area (Å²) in [6, 6.07) is 0.161. The van der Waals surface area contributed by atoms with Gasteiger partial charge >= 0.3 is 0 Å². The van der Waals surface area contributed by atoms with Crippen molar-refractivity contribution < 1.29 is 14.3 Å². The van der Waals surface area contributed by atoms with Gasteiger partial charge in [0.25, 0.3) is 0 Å². The van der Waals surface area contributed by atoms with Gasteiger partial charge in [0, 0.05) is 13.7 Å². The van der Waals surface area contributed by atoms with E-state index in [2.05, 4.69) is 11.9 Å². The van der Waals surface area contributed by atoms with Gasteiger partial charge in [-0.3, -0.25) is 4.79 Å². The number of hydrogen-bond acceptors (Lipinski definition) is 3. The van der Waals surface area contributed by atoms with Gasteiger partial charge in [-0.25, -0.2) is 0 Å². The molecular weight excluding hydrogens is 230 g/mol. The quantitative estimate of drug-likeness (QED) is 0.775. The molecule has 2 unspecified atom stereocenters. The minimum atomic E-state index is -0.118. The van der Waals surface area contributed by atoms with Gasteiger partial charge in [0.15, 0.2) is 0 Å². The smallest absolute Gasteiger partial charge is 0.226 e. The highest BCUT2D eigenvalue weighted by molar-refractivity contribution is 5.80. The third-order valence-corrected chi connectivity index (χ3v) is 4.00. The Bertz CT molecular complexity index is 329. The van der Waals surface area contributed by atoms with Gasteiger partial charge in [0.05, 0.1) is 24.2 Å². The normalized spacial score (nSPS) is 35.7. The molecule has 1 saturated heterocycles. The van der Waals surface area contributed by atoms with Crippen LogP contribution in [-0.2, 0) is 14.3 Å². The lowest BCUT2D eigenvalue weighted by molar-refractivity contribution is -0.127. The molecule has 0 bridgehead atoms. The molecule has 1 aliphatic carbocycles. The molecule has 4 nitrogen and oxygen atoms in total. The molecule has 1 saturated carbocycles. The van der Waals surface area contributed by atoms with Gasteiger partial charge in [-0.2, -0.15) is 0 Å². The molecule has 2 rings (SSSR count). The topological polar surface area (TPSA) is 47.6 Å². The molecule has 0 radical (unpaired) electrons. The molecule has 0 aromatic heterocycles. The molecule has 1 heterocycles. The molecule has 0 spiro atoms. The largest absolute Gasteiger partial charge is 0.379 e. The molecule has 2 fully saturated rings. The highest BCUT2D eigenvalue weighted by Gasteiger charge is 2.37. The van der Waals surface area contributed by atoms with Crippen molar-refractivity contribution in [1.82, 2.24) is 5.32 Å². The summed E-state index contributed by atoms with van der Waals surface area (Å²) in [5.41, 5.74) is 0.933. The van der Waals surface area contributed by atoms with Crippen LogP contribution < -0.4 is 5.32 Å². The lowest BCUT2D eigenvalue weighted by atomic mass is 9.95. The van der Waals surface area contributed by atoms with Gasteiger partial charge in [-0.05, 0) is 32.6 Å². The first-order chi connectivity index (χ1) is 8.63. The van der Waals surface area contributed by atoms with Crippen molar-refractivity contribution in [2.75, 3.05) is 13.7 Å². The Morgan fingerprint density at radius 3 is 2.83 bits per heavy atom. The summed E-state index contributed by atoms with van der Waals surface area (Å²) in [7, 11) is 1.71. The van der Waals surface area contributed by atoms with Crippen LogP contribution in [0.2, 0.25) is 0 Å². The standard InChI is InChI=1S/C14H23NO3/c1-9(2)13-10(7-8-18-13)14(16)15-11-5-4-6-12(11)17-3/h10-13H,1,4-8H2,2-3H3,(H,15,16)/t10-,11?,12?,13-/m1/s1. The van der Waals surface area contributed by atoms with E-state index in [0.29, 0.717) is 6.61 Å². The number of amides is 1. The van der Waals surface area contributed by atoms with Crippen molar-refractivity contribution in [2.45, 2.75) is 50.9 Å². The predicted molar refractivity (Wildman–Crippen MR) is 69.2 cm³/mol. The molecule has 4 heteroatoms. The van der Waals surface area contributed by atoms with E-state index in [4.69, 9.17) is 9.47 Å². The fourth-order valence-electron chi connectivity index (χ4n) is 3.01. The Balaban J connectivity index is 1.93. The average molecular weight is 253 g/mol. The van der Waals surface area contributed by atoms with Crippen LogP contribution in [0.5, 0.6) is 0 Å². The van der Waals surface area contributed by atoms with Crippen LogP contribution in [0.4, 0.5) is 0 Å². The number of nitrogens with one attached hydrogen (secondary N) is 1. The zero-order chi connectivity index (χ0) is 13.1. The van der Waals surface area contributed by atoms with Crippen LogP contribution in [0.25, 0.3) is 0 Å². The highest BCUT2D eigenvalue weighted by Crippen LogP contribution is 2.27. The Kier molecular flexibility index (Phi) is 4.40. The zero-order valence-electron chi connectivity index (χ0n) is 11.3. The van der Waals surface area contributed by atoms with Crippen molar-refractivity contribution >= 4 is 5.91 Å². The third kappa shape index (κ3) is 2.75. The fourth-order valence-corrected chi connectivity index (χ4v) is 3.01. The van der Waals surface area contributed by atoms with Crippen LogP contribution in [0, 0.1) is 5.92 Å². The highest BCUT2D eigenvalue weighted by atomic mass is 16.5. The summed E-state index contributed by atoms with van der Waals surface area (Å²) in [5, 5.41) is 3.12. The molecule has 0 aromatic rings. The zero-order valence-corrected chi connectivity index (χ0v) is 11.3. The van der Waals surface area contributed by atoms with Gasteiger partial charge in [0.1, 0.15) is 0 Å². The van der Waals surface area contributed by atoms with Gasteiger partial charge in [-0.15, -0.1) is 0 Å². The molecule has 0 aromatic carbocycles. The Hall–Kier alpha value is -0.870. The Morgan fingerprint density at radius 1 is 1.39 bits per heavy atom. The van der Waals surface area contributed by atoms with E-state index in [1.807, 2.05) is 6.92 Å². The van der Waals surface area contributed by atoms with E-state index >= 15 is 0 Å².